The number of benzene rings is 3. The lowest BCUT2D eigenvalue weighted by molar-refractivity contribution is -0.137. The van der Waals surface area contributed by atoms with E-state index in [-0.39, 0.29) is 24.5 Å². The van der Waals surface area contributed by atoms with Crippen molar-refractivity contribution in [2.75, 3.05) is 13.1 Å². The molecule has 1 heterocycles. The maximum atomic E-state index is 13.4. The van der Waals surface area contributed by atoms with Crippen LogP contribution in [-0.2, 0) is 30.5 Å². The zero-order valence-corrected chi connectivity index (χ0v) is 20.5. The van der Waals surface area contributed by atoms with Crippen molar-refractivity contribution >= 4 is 11.9 Å². The van der Waals surface area contributed by atoms with Crippen molar-refractivity contribution in [1.29, 1.82) is 0 Å². The smallest absolute Gasteiger partial charge is 0.305 e. The van der Waals surface area contributed by atoms with Gasteiger partial charge in [0.05, 0.1) is 6.42 Å². The molecular formula is C30H33NO4. The lowest BCUT2D eigenvalue weighted by Gasteiger charge is -2.24. The van der Waals surface area contributed by atoms with Crippen molar-refractivity contribution in [1.82, 2.24) is 4.90 Å². The molecule has 4 rings (SSSR count). The molecule has 5 nitrogen and oxygen atoms in total. The number of fused-ring (bicyclic) bond motifs is 1. The van der Waals surface area contributed by atoms with E-state index < -0.39 is 5.97 Å². The van der Waals surface area contributed by atoms with E-state index in [9.17, 15) is 14.7 Å². The zero-order chi connectivity index (χ0) is 24.8. The lowest BCUT2D eigenvalue weighted by atomic mass is 9.91. The first-order chi connectivity index (χ1) is 16.8. The van der Waals surface area contributed by atoms with Gasteiger partial charge in [0.25, 0.3) is 5.91 Å². The average Bonchev–Trinajstić information content (AvgIpc) is 3.19. The standard InChI is InChI=1S/C30H33NO4/c1-3-22-9-11-24(12-10-22)20-30(2)21-26-19-25(13-14-27(26)35-30)29(34)31(18-16-28(32)33)17-15-23-7-5-4-6-8-23/h4-14,19H,3,15-18,20-21H2,1-2H3,(H,32,33). The number of aryl methyl sites for hydroxylation is 1. The Kier molecular flexibility index (Phi) is 7.54. The number of hydrogen-bond acceptors (Lipinski definition) is 3. The molecule has 35 heavy (non-hydrogen) atoms. The monoisotopic (exact) mass is 471 g/mol. The van der Waals surface area contributed by atoms with E-state index in [1.165, 1.54) is 11.1 Å². The Labute approximate surface area is 207 Å². The fraction of sp³-hybridized carbons (Fsp3) is 0.333. The first-order valence-corrected chi connectivity index (χ1v) is 12.3. The van der Waals surface area contributed by atoms with Gasteiger partial charge < -0.3 is 14.7 Å². The van der Waals surface area contributed by atoms with Crippen molar-refractivity contribution < 1.29 is 19.4 Å². The molecule has 3 aromatic rings. The van der Waals surface area contributed by atoms with Crippen LogP contribution in [0.2, 0.25) is 0 Å². The molecule has 0 spiro atoms. The van der Waals surface area contributed by atoms with E-state index in [1.807, 2.05) is 42.5 Å². The second-order valence-electron chi connectivity index (χ2n) is 9.57. The van der Waals surface area contributed by atoms with Crippen molar-refractivity contribution in [3.8, 4) is 5.75 Å². The minimum Gasteiger partial charge on any atom is -0.487 e. The molecule has 182 valence electrons. The molecule has 1 N–H and O–H groups in total. The number of aliphatic carboxylic acids is 1. The maximum Gasteiger partial charge on any atom is 0.305 e. The quantitative estimate of drug-likeness (QED) is 0.433. The summed E-state index contributed by atoms with van der Waals surface area (Å²) >= 11 is 0. The Bertz CT molecular complexity index is 1170. The molecule has 0 aliphatic carbocycles. The van der Waals surface area contributed by atoms with Gasteiger partial charge in [-0.1, -0.05) is 61.5 Å². The Morgan fingerprint density at radius 2 is 1.66 bits per heavy atom. The molecule has 3 aromatic carbocycles. The molecule has 0 saturated heterocycles. The molecule has 1 amide bonds. The highest BCUT2D eigenvalue weighted by molar-refractivity contribution is 5.95. The van der Waals surface area contributed by atoms with Gasteiger partial charge in [-0.05, 0) is 60.2 Å². The van der Waals surface area contributed by atoms with Crippen molar-refractivity contribution in [2.45, 2.75) is 51.6 Å². The minimum absolute atomic E-state index is 0.0799. The van der Waals surface area contributed by atoms with Crippen molar-refractivity contribution in [3.63, 3.8) is 0 Å². The molecule has 1 unspecified atom stereocenters. The van der Waals surface area contributed by atoms with Gasteiger partial charge in [0.1, 0.15) is 11.4 Å². The number of nitrogens with zero attached hydrogens (tertiary/aromatic N) is 1. The van der Waals surface area contributed by atoms with Gasteiger partial charge in [-0.15, -0.1) is 0 Å². The first kappa shape index (κ1) is 24.5. The topological polar surface area (TPSA) is 66.8 Å². The van der Waals surface area contributed by atoms with Crippen LogP contribution in [0.25, 0.3) is 0 Å². The fourth-order valence-corrected chi connectivity index (χ4v) is 4.71. The van der Waals surface area contributed by atoms with Crippen molar-refractivity contribution in [3.05, 3.63) is 101 Å². The largest absolute Gasteiger partial charge is 0.487 e. The predicted molar refractivity (Wildman–Crippen MR) is 137 cm³/mol. The van der Waals surface area contributed by atoms with Crippen LogP contribution >= 0.6 is 0 Å². The van der Waals surface area contributed by atoms with Crippen LogP contribution in [-0.4, -0.2) is 40.6 Å². The van der Waals surface area contributed by atoms with Gasteiger partial charge in [0.15, 0.2) is 0 Å². The molecule has 0 bridgehead atoms. The summed E-state index contributed by atoms with van der Waals surface area (Å²) in [5.41, 5.74) is 4.89. The second-order valence-corrected chi connectivity index (χ2v) is 9.57. The van der Waals surface area contributed by atoms with E-state index in [0.717, 1.165) is 36.1 Å². The molecule has 1 aliphatic rings. The normalized spacial score (nSPS) is 16.4. The third-order valence-corrected chi connectivity index (χ3v) is 6.63. The Morgan fingerprint density at radius 1 is 0.943 bits per heavy atom. The third kappa shape index (κ3) is 6.30. The van der Waals surface area contributed by atoms with Crippen LogP contribution in [0.4, 0.5) is 0 Å². The van der Waals surface area contributed by atoms with E-state index in [2.05, 4.69) is 38.1 Å². The summed E-state index contributed by atoms with van der Waals surface area (Å²) in [5, 5.41) is 9.18. The number of carboxylic acids is 1. The molecule has 1 aliphatic heterocycles. The Morgan fingerprint density at radius 3 is 2.34 bits per heavy atom. The van der Waals surface area contributed by atoms with Crippen LogP contribution in [0.3, 0.4) is 0 Å². The van der Waals surface area contributed by atoms with Gasteiger partial charge in [-0.2, -0.15) is 0 Å². The summed E-state index contributed by atoms with van der Waals surface area (Å²) in [4.78, 5) is 26.2. The molecule has 1 atom stereocenters. The Balaban J connectivity index is 1.46. The van der Waals surface area contributed by atoms with Crippen LogP contribution < -0.4 is 4.74 Å². The van der Waals surface area contributed by atoms with Crippen LogP contribution in [0.1, 0.15) is 52.9 Å². The SMILES string of the molecule is CCc1ccc(CC2(C)Cc3cc(C(=O)N(CCC(=O)O)CCc4ccccc4)ccc3O2)cc1. The van der Waals surface area contributed by atoms with E-state index in [1.54, 1.807) is 11.0 Å². The summed E-state index contributed by atoms with van der Waals surface area (Å²) in [5.74, 6) is -0.239. The molecule has 0 saturated carbocycles. The van der Waals surface area contributed by atoms with E-state index >= 15 is 0 Å². The van der Waals surface area contributed by atoms with Crippen LogP contribution in [0, 0.1) is 0 Å². The maximum absolute atomic E-state index is 13.4. The number of rotatable bonds is 10. The average molecular weight is 472 g/mol. The van der Waals surface area contributed by atoms with Gasteiger partial charge in [-0.3, -0.25) is 9.59 Å². The zero-order valence-electron chi connectivity index (χ0n) is 20.5. The number of carbonyl (C=O) groups is 2. The molecule has 0 radical (unpaired) electrons. The summed E-state index contributed by atoms with van der Waals surface area (Å²) in [6.45, 7) is 4.91. The molecule has 0 aromatic heterocycles. The summed E-state index contributed by atoms with van der Waals surface area (Å²) in [6.07, 6.45) is 3.12. The predicted octanol–water partition coefficient (Wildman–Crippen LogP) is 5.34. The minimum atomic E-state index is -0.910. The number of amides is 1. The van der Waals surface area contributed by atoms with Crippen LogP contribution in [0.5, 0.6) is 5.75 Å². The summed E-state index contributed by atoms with van der Waals surface area (Å²) in [7, 11) is 0. The van der Waals surface area contributed by atoms with Gasteiger partial charge in [0, 0.05) is 31.5 Å². The summed E-state index contributed by atoms with van der Waals surface area (Å²) in [6, 6.07) is 24.2. The van der Waals surface area contributed by atoms with Crippen molar-refractivity contribution in [2.24, 2.45) is 0 Å². The van der Waals surface area contributed by atoms with Crippen LogP contribution in [0.15, 0.2) is 72.8 Å². The highest BCUT2D eigenvalue weighted by Gasteiger charge is 2.35. The van der Waals surface area contributed by atoms with Gasteiger partial charge >= 0.3 is 5.97 Å². The van der Waals surface area contributed by atoms with Gasteiger partial charge in [-0.25, -0.2) is 0 Å². The number of carbonyl (C=O) groups excluding carboxylic acids is 1. The number of ether oxygens (including phenoxy) is 1. The highest BCUT2D eigenvalue weighted by Crippen LogP contribution is 2.37. The second kappa shape index (κ2) is 10.8. The Hall–Kier alpha value is -3.60. The van der Waals surface area contributed by atoms with E-state index in [0.29, 0.717) is 18.5 Å². The summed E-state index contributed by atoms with van der Waals surface area (Å²) < 4.78 is 6.33. The fourth-order valence-electron chi connectivity index (χ4n) is 4.71. The number of carboxylic acid groups (broad SMARTS) is 1. The first-order valence-electron chi connectivity index (χ1n) is 12.3. The third-order valence-electron chi connectivity index (χ3n) is 6.63. The van der Waals surface area contributed by atoms with E-state index in [4.69, 9.17) is 4.74 Å². The molecular weight excluding hydrogens is 438 g/mol. The number of hydrogen-bond donors (Lipinski definition) is 1. The highest BCUT2D eigenvalue weighted by atomic mass is 16.5. The molecule has 0 fully saturated rings. The van der Waals surface area contributed by atoms with Gasteiger partial charge in [0.2, 0.25) is 0 Å². The molecule has 5 heteroatoms. The lowest BCUT2D eigenvalue weighted by Crippen LogP contribution is -2.35.